The second-order valence-electron chi connectivity index (χ2n) is 7.03. The predicted octanol–water partition coefficient (Wildman–Crippen LogP) is 3.71. The molecule has 2 aromatic carbocycles. The van der Waals surface area contributed by atoms with E-state index in [1.165, 1.54) is 6.07 Å². The van der Waals surface area contributed by atoms with Crippen molar-refractivity contribution in [1.82, 2.24) is 10.2 Å². The number of hydrogen-bond donors (Lipinski definition) is 2. The summed E-state index contributed by atoms with van der Waals surface area (Å²) in [5.74, 6) is -0.421. The minimum atomic E-state index is -0.571. The third-order valence-corrected chi connectivity index (χ3v) is 5.25. The van der Waals surface area contributed by atoms with Crippen LogP contribution in [-0.4, -0.2) is 35.4 Å². The zero-order valence-corrected chi connectivity index (χ0v) is 16.4. The topological polar surface area (TPSA) is 102 Å². The van der Waals surface area contributed by atoms with Crippen molar-refractivity contribution in [2.24, 2.45) is 0 Å². The first kappa shape index (κ1) is 20.1. The van der Waals surface area contributed by atoms with Crippen molar-refractivity contribution < 1.29 is 9.72 Å². The van der Waals surface area contributed by atoms with Crippen LogP contribution in [0.4, 0.5) is 11.4 Å². The summed E-state index contributed by atoms with van der Waals surface area (Å²) in [4.78, 5) is 25.7. The molecule has 1 unspecified atom stereocenters. The minimum Gasteiger partial charge on any atom is -0.393 e. The van der Waals surface area contributed by atoms with Gasteiger partial charge in [-0.2, -0.15) is 0 Å². The Morgan fingerprint density at radius 2 is 2.04 bits per heavy atom. The van der Waals surface area contributed by atoms with Crippen LogP contribution in [0.2, 0.25) is 5.02 Å². The molecule has 0 aromatic heterocycles. The van der Waals surface area contributed by atoms with Crippen LogP contribution in [0.1, 0.15) is 40.4 Å². The largest absolute Gasteiger partial charge is 0.393 e. The monoisotopic (exact) mass is 402 g/mol. The minimum absolute atomic E-state index is 0.0221. The molecular weight excluding hydrogens is 380 g/mol. The van der Waals surface area contributed by atoms with Crippen LogP contribution in [0.25, 0.3) is 0 Å². The first-order valence-corrected chi connectivity index (χ1v) is 9.57. The Balaban J connectivity index is 1.82. The van der Waals surface area contributed by atoms with E-state index in [9.17, 15) is 14.9 Å². The van der Waals surface area contributed by atoms with Crippen LogP contribution >= 0.6 is 11.6 Å². The van der Waals surface area contributed by atoms with Crippen LogP contribution in [0.15, 0.2) is 36.4 Å². The molecule has 0 radical (unpaired) electrons. The summed E-state index contributed by atoms with van der Waals surface area (Å²) in [5, 5.41) is 14.7. The highest BCUT2D eigenvalue weighted by Gasteiger charge is 2.26. The number of amides is 1. The molecule has 0 bridgehead atoms. The summed E-state index contributed by atoms with van der Waals surface area (Å²) in [6, 6.07) is 10.5. The molecule has 0 aliphatic carbocycles. The van der Waals surface area contributed by atoms with Gasteiger partial charge in [-0.15, -0.1) is 0 Å². The maximum absolute atomic E-state index is 12.8. The molecule has 1 fully saturated rings. The van der Waals surface area contributed by atoms with Crippen molar-refractivity contribution in [2.45, 2.75) is 25.8 Å². The van der Waals surface area contributed by atoms with E-state index in [-0.39, 0.29) is 23.0 Å². The zero-order valence-electron chi connectivity index (χ0n) is 15.7. The Kier molecular flexibility index (Phi) is 6.16. The smallest absolute Gasteiger partial charge is 0.293 e. The average Bonchev–Trinajstić information content (AvgIpc) is 3.17. The predicted molar refractivity (Wildman–Crippen MR) is 110 cm³/mol. The molecule has 1 atom stereocenters. The van der Waals surface area contributed by atoms with Gasteiger partial charge in [0.2, 0.25) is 0 Å². The van der Waals surface area contributed by atoms with E-state index in [1.807, 2.05) is 24.3 Å². The summed E-state index contributed by atoms with van der Waals surface area (Å²) < 4.78 is 0. The highest BCUT2D eigenvalue weighted by molar-refractivity contribution is 6.30. The molecule has 28 heavy (non-hydrogen) atoms. The summed E-state index contributed by atoms with van der Waals surface area (Å²) >= 11 is 6.15. The molecule has 0 saturated carbocycles. The molecule has 1 aliphatic rings. The molecule has 3 rings (SSSR count). The summed E-state index contributed by atoms with van der Waals surface area (Å²) in [6.07, 6.45) is 2.23. The fourth-order valence-corrected chi connectivity index (χ4v) is 3.83. The number of hydrogen-bond acceptors (Lipinski definition) is 5. The van der Waals surface area contributed by atoms with E-state index < -0.39 is 10.8 Å². The number of carbonyl (C=O) groups excluding carboxylic acids is 1. The van der Waals surface area contributed by atoms with Gasteiger partial charge in [-0.25, -0.2) is 0 Å². The molecule has 3 N–H and O–H groups in total. The second kappa shape index (κ2) is 8.58. The SMILES string of the molecule is Cc1cc(C(=O)NCC(c2cccc(Cl)c2)N2CCCC2)c(N)c([N+](=O)[O-])c1. The Morgan fingerprint density at radius 1 is 1.32 bits per heavy atom. The van der Waals surface area contributed by atoms with Crippen LogP contribution in [0, 0.1) is 17.0 Å². The number of halogens is 1. The van der Waals surface area contributed by atoms with E-state index in [0.29, 0.717) is 17.1 Å². The van der Waals surface area contributed by atoms with E-state index in [2.05, 4.69) is 10.2 Å². The van der Waals surface area contributed by atoms with E-state index >= 15 is 0 Å². The van der Waals surface area contributed by atoms with Crippen molar-refractivity contribution in [3.05, 3.63) is 68.2 Å². The lowest BCUT2D eigenvalue weighted by atomic mass is 10.0. The molecule has 1 aliphatic heterocycles. The van der Waals surface area contributed by atoms with Crippen molar-refractivity contribution in [3.8, 4) is 0 Å². The van der Waals surface area contributed by atoms with Gasteiger partial charge in [0.1, 0.15) is 5.69 Å². The first-order chi connectivity index (χ1) is 13.4. The van der Waals surface area contributed by atoms with Gasteiger partial charge < -0.3 is 11.1 Å². The maximum Gasteiger partial charge on any atom is 0.293 e. The standard InChI is InChI=1S/C20H23ClN4O3/c1-13-9-16(19(22)17(10-13)25(27)28)20(26)23-12-18(24-7-2-3-8-24)14-5-4-6-15(21)11-14/h4-6,9-11,18H,2-3,7-8,12,22H2,1H3,(H,23,26). The number of aryl methyl sites for hydroxylation is 1. The van der Waals surface area contributed by atoms with Gasteiger partial charge in [0.05, 0.1) is 16.5 Å². The number of likely N-dealkylation sites (tertiary alicyclic amines) is 1. The molecule has 2 aromatic rings. The Labute approximate surface area is 168 Å². The van der Waals surface area contributed by atoms with Gasteiger partial charge in [-0.05, 0) is 62.2 Å². The normalized spacial score (nSPS) is 15.4. The van der Waals surface area contributed by atoms with Crippen LogP contribution in [0.3, 0.4) is 0 Å². The summed E-state index contributed by atoms with van der Waals surface area (Å²) in [6.45, 7) is 3.96. The molecular formula is C20H23ClN4O3. The number of nitro benzene ring substituents is 1. The Hall–Kier alpha value is -2.64. The molecule has 8 heteroatoms. The molecule has 1 amide bonds. The number of nitrogens with two attached hydrogens (primary N) is 1. The van der Waals surface area contributed by atoms with Gasteiger partial charge in [0, 0.05) is 17.6 Å². The average molecular weight is 403 g/mol. The van der Waals surface area contributed by atoms with Crippen LogP contribution in [0.5, 0.6) is 0 Å². The molecule has 1 heterocycles. The maximum atomic E-state index is 12.8. The fourth-order valence-electron chi connectivity index (χ4n) is 3.63. The molecule has 148 valence electrons. The zero-order chi connectivity index (χ0) is 20.3. The number of carbonyl (C=O) groups is 1. The quantitative estimate of drug-likeness (QED) is 0.435. The first-order valence-electron chi connectivity index (χ1n) is 9.19. The number of rotatable bonds is 6. The van der Waals surface area contributed by atoms with E-state index in [4.69, 9.17) is 17.3 Å². The third kappa shape index (κ3) is 4.43. The van der Waals surface area contributed by atoms with Gasteiger partial charge in [0.15, 0.2) is 0 Å². The number of nitrogen functional groups attached to an aromatic ring is 1. The lowest BCUT2D eigenvalue weighted by Gasteiger charge is -2.28. The number of nitrogens with one attached hydrogen (secondary N) is 1. The van der Waals surface area contributed by atoms with E-state index in [1.54, 1.807) is 13.0 Å². The van der Waals surface area contributed by atoms with Crippen molar-refractivity contribution in [2.75, 3.05) is 25.4 Å². The van der Waals surface area contributed by atoms with Gasteiger partial charge in [0.25, 0.3) is 11.6 Å². The van der Waals surface area contributed by atoms with Crippen molar-refractivity contribution in [3.63, 3.8) is 0 Å². The van der Waals surface area contributed by atoms with Crippen molar-refractivity contribution in [1.29, 1.82) is 0 Å². The lowest BCUT2D eigenvalue weighted by molar-refractivity contribution is -0.384. The van der Waals surface area contributed by atoms with Crippen LogP contribution < -0.4 is 11.1 Å². The molecule has 1 saturated heterocycles. The van der Waals surface area contributed by atoms with Crippen LogP contribution in [-0.2, 0) is 0 Å². The van der Waals surface area contributed by atoms with Gasteiger partial charge in [-0.1, -0.05) is 23.7 Å². The molecule has 0 spiro atoms. The number of anilines is 1. The number of nitrogens with zero attached hydrogens (tertiary/aromatic N) is 2. The van der Waals surface area contributed by atoms with Gasteiger partial charge in [-0.3, -0.25) is 19.8 Å². The summed E-state index contributed by atoms with van der Waals surface area (Å²) in [5.41, 5.74) is 7.27. The Morgan fingerprint density at radius 3 is 2.68 bits per heavy atom. The third-order valence-electron chi connectivity index (χ3n) is 5.01. The highest BCUT2D eigenvalue weighted by atomic mass is 35.5. The number of benzene rings is 2. The van der Waals surface area contributed by atoms with E-state index in [0.717, 1.165) is 31.5 Å². The van der Waals surface area contributed by atoms with Gasteiger partial charge >= 0.3 is 0 Å². The molecule has 7 nitrogen and oxygen atoms in total. The Bertz CT molecular complexity index is 897. The number of nitro groups is 1. The second-order valence-corrected chi connectivity index (χ2v) is 7.46. The summed E-state index contributed by atoms with van der Waals surface area (Å²) in [7, 11) is 0. The highest BCUT2D eigenvalue weighted by Crippen LogP contribution is 2.29. The van der Waals surface area contributed by atoms with Crippen molar-refractivity contribution >= 4 is 28.9 Å². The lowest BCUT2D eigenvalue weighted by Crippen LogP contribution is -2.37. The fraction of sp³-hybridized carbons (Fsp3) is 0.350.